The summed E-state index contributed by atoms with van der Waals surface area (Å²) in [4.78, 5) is 12.2. The lowest BCUT2D eigenvalue weighted by atomic mass is 9.89. The molecule has 7 nitrogen and oxygen atoms in total. The Bertz CT molecular complexity index is 1000. The Balaban J connectivity index is 1.90. The molecular weight excluding hydrogens is 400 g/mol. The molecule has 1 aromatic rings. The highest BCUT2D eigenvalue weighted by molar-refractivity contribution is 5.43. The number of hydrogen-bond donors (Lipinski definition) is 2. The predicted octanol–water partition coefficient (Wildman–Crippen LogP) is 3.06. The molecule has 0 spiro atoms. The monoisotopic (exact) mass is 434 g/mol. The van der Waals surface area contributed by atoms with E-state index in [0.717, 1.165) is 0 Å². The summed E-state index contributed by atoms with van der Waals surface area (Å²) in [6.45, 7) is 14.3. The number of hydrogen-bond acceptors (Lipinski definition) is 7. The Morgan fingerprint density at radius 1 is 1.19 bits per heavy atom. The van der Waals surface area contributed by atoms with Crippen molar-refractivity contribution in [1.82, 2.24) is 0 Å². The van der Waals surface area contributed by atoms with E-state index < -0.39 is 22.9 Å². The fourth-order valence-corrected chi connectivity index (χ4v) is 4.87. The van der Waals surface area contributed by atoms with Crippen molar-refractivity contribution in [2.75, 3.05) is 7.11 Å². The first kappa shape index (κ1) is 23.7. The van der Waals surface area contributed by atoms with Crippen LogP contribution in [-0.2, 0) is 15.1 Å². The van der Waals surface area contributed by atoms with Gasteiger partial charge in [-0.05, 0) is 78.7 Å². The highest BCUT2D eigenvalue weighted by atomic mass is 16.7. The average molecular weight is 435 g/mol. The molecule has 6 atom stereocenters. The van der Waals surface area contributed by atoms with E-state index in [4.69, 9.17) is 18.6 Å². The standard InChI is InChI=1S/C24H34O7/c1-12(10-22(6,27)19-14(3)18(28-9)15(4)20(26)29-19)17(25)13(2)11-23(7)21-24(8,31-21)16(5)30-23/h10-11,16-17,21,25,27H,1-9H3/t16-,17+,21+,22+,23+,24-/m1/s1. The van der Waals surface area contributed by atoms with Crippen molar-refractivity contribution < 1.29 is 28.8 Å². The zero-order chi connectivity index (χ0) is 23.5. The molecule has 0 aromatic carbocycles. The van der Waals surface area contributed by atoms with Crippen molar-refractivity contribution in [3.63, 3.8) is 0 Å². The molecule has 31 heavy (non-hydrogen) atoms. The molecule has 2 fully saturated rings. The molecule has 1 aromatic heterocycles. The molecule has 2 saturated heterocycles. The third-order valence-electron chi connectivity index (χ3n) is 6.67. The summed E-state index contributed by atoms with van der Waals surface area (Å²) in [7, 11) is 1.47. The first-order chi connectivity index (χ1) is 14.2. The SMILES string of the molecule is COc1c(C)c([C@@](C)(O)C=C(C)[C@H](O)C(C)=C[C@]2(C)O[C@H](C)[C@@]3(C)O[C@H]32)oc(=O)c1C. The second-order valence-corrected chi connectivity index (χ2v) is 9.45. The van der Waals surface area contributed by atoms with Crippen molar-refractivity contribution in [3.8, 4) is 5.75 Å². The van der Waals surface area contributed by atoms with Crippen LogP contribution in [0, 0.1) is 13.8 Å². The smallest absolute Gasteiger partial charge is 0.342 e. The van der Waals surface area contributed by atoms with E-state index in [0.29, 0.717) is 28.0 Å². The second-order valence-electron chi connectivity index (χ2n) is 9.45. The van der Waals surface area contributed by atoms with Gasteiger partial charge in [0, 0.05) is 5.56 Å². The quantitative estimate of drug-likeness (QED) is 0.524. The minimum Gasteiger partial charge on any atom is -0.496 e. The maximum atomic E-state index is 12.2. The van der Waals surface area contributed by atoms with Gasteiger partial charge in [-0.1, -0.05) is 0 Å². The largest absolute Gasteiger partial charge is 0.496 e. The molecular formula is C24H34O7. The van der Waals surface area contributed by atoms with Crippen molar-refractivity contribution in [2.24, 2.45) is 0 Å². The molecule has 7 heteroatoms. The minimum absolute atomic E-state index is 0.0385. The number of epoxide rings is 1. The molecule has 2 aliphatic rings. The highest BCUT2D eigenvalue weighted by Crippen LogP contribution is 2.55. The van der Waals surface area contributed by atoms with E-state index in [1.165, 1.54) is 20.1 Å². The van der Waals surface area contributed by atoms with Crippen LogP contribution in [0.5, 0.6) is 5.75 Å². The van der Waals surface area contributed by atoms with Gasteiger partial charge in [0.1, 0.15) is 34.4 Å². The van der Waals surface area contributed by atoms with Gasteiger partial charge >= 0.3 is 5.63 Å². The van der Waals surface area contributed by atoms with E-state index in [2.05, 4.69) is 0 Å². The van der Waals surface area contributed by atoms with Crippen LogP contribution in [0.25, 0.3) is 0 Å². The Hall–Kier alpha value is -1.93. The summed E-state index contributed by atoms with van der Waals surface area (Å²) >= 11 is 0. The van der Waals surface area contributed by atoms with Crippen LogP contribution in [0.15, 0.2) is 32.5 Å². The maximum Gasteiger partial charge on any atom is 0.342 e. The fraction of sp³-hybridized carbons (Fsp3) is 0.625. The second kappa shape index (κ2) is 7.59. The Labute approximate surface area is 183 Å². The number of fused-ring (bicyclic) bond motifs is 1. The van der Waals surface area contributed by atoms with Gasteiger partial charge in [-0.25, -0.2) is 4.79 Å². The van der Waals surface area contributed by atoms with Gasteiger partial charge < -0.3 is 28.8 Å². The summed E-state index contributed by atoms with van der Waals surface area (Å²) in [5.41, 5.74) is -1.06. The van der Waals surface area contributed by atoms with Gasteiger partial charge in [0.05, 0.1) is 24.9 Å². The summed E-state index contributed by atoms with van der Waals surface area (Å²) in [5.74, 6) is 0.456. The first-order valence-corrected chi connectivity index (χ1v) is 10.5. The van der Waals surface area contributed by atoms with Gasteiger partial charge in [-0.3, -0.25) is 0 Å². The number of ether oxygens (including phenoxy) is 3. The summed E-state index contributed by atoms with van der Waals surface area (Å²) in [6.07, 6.45) is 2.34. The average Bonchev–Trinajstić information content (AvgIpc) is 3.33. The molecule has 2 aliphatic heterocycles. The van der Waals surface area contributed by atoms with E-state index in [1.54, 1.807) is 20.8 Å². The summed E-state index contributed by atoms with van der Waals surface area (Å²) in [5, 5.41) is 22.0. The molecule has 2 N–H and O–H groups in total. The Morgan fingerprint density at radius 3 is 2.29 bits per heavy atom. The molecule has 0 amide bonds. The lowest BCUT2D eigenvalue weighted by Crippen LogP contribution is -2.31. The zero-order valence-electron chi connectivity index (χ0n) is 19.8. The first-order valence-electron chi connectivity index (χ1n) is 10.5. The fourth-order valence-electron chi connectivity index (χ4n) is 4.87. The molecule has 3 rings (SSSR count). The van der Waals surface area contributed by atoms with Crippen LogP contribution in [0.4, 0.5) is 0 Å². The van der Waals surface area contributed by atoms with Gasteiger partial charge in [-0.2, -0.15) is 0 Å². The zero-order valence-corrected chi connectivity index (χ0v) is 19.8. The number of aliphatic hydroxyl groups is 2. The van der Waals surface area contributed by atoms with E-state index in [-0.39, 0.29) is 23.6 Å². The third kappa shape index (κ3) is 3.89. The Morgan fingerprint density at radius 2 is 1.81 bits per heavy atom. The molecule has 0 saturated carbocycles. The molecule has 172 valence electrons. The van der Waals surface area contributed by atoms with Crippen molar-refractivity contribution in [3.05, 3.63) is 50.6 Å². The predicted molar refractivity (Wildman–Crippen MR) is 116 cm³/mol. The lowest BCUT2D eigenvalue weighted by molar-refractivity contribution is -0.0724. The van der Waals surface area contributed by atoms with Crippen LogP contribution in [0.2, 0.25) is 0 Å². The van der Waals surface area contributed by atoms with Crippen LogP contribution in [0.1, 0.15) is 58.4 Å². The third-order valence-corrected chi connectivity index (χ3v) is 6.67. The van der Waals surface area contributed by atoms with Crippen molar-refractivity contribution in [2.45, 2.75) is 90.5 Å². The molecule has 0 radical (unpaired) electrons. The Kier molecular flexibility index (Phi) is 5.81. The van der Waals surface area contributed by atoms with Gasteiger partial charge in [0.15, 0.2) is 0 Å². The maximum absolute atomic E-state index is 12.2. The minimum atomic E-state index is -1.63. The van der Waals surface area contributed by atoms with Gasteiger partial charge in [0.25, 0.3) is 0 Å². The molecule has 0 bridgehead atoms. The highest BCUT2D eigenvalue weighted by Gasteiger charge is 2.71. The van der Waals surface area contributed by atoms with Crippen LogP contribution in [-0.4, -0.2) is 46.8 Å². The van der Waals surface area contributed by atoms with E-state index in [1.807, 2.05) is 33.8 Å². The van der Waals surface area contributed by atoms with E-state index in [9.17, 15) is 15.0 Å². The summed E-state index contributed by atoms with van der Waals surface area (Å²) in [6, 6.07) is 0. The molecule has 0 unspecified atom stereocenters. The number of aliphatic hydroxyl groups excluding tert-OH is 1. The van der Waals surface area contributed by atoms with E-state index >= 15 is 0 Å². The van der Waals surface area contributed by atoms with Gasteiger partial charge in [0.2, 0.25) is 0 Å². The van der Waals surface area contributed by atoms with Gasteiger partial charge in [-0.15, -0.1) is 0 Å². The van der Waals surface area contributed by atoms with Crippen LogP contribution < -0.4 is 10.4 Å². The number of methoxy groups -OCH3 is 1. The normalized spacial score (nSPS) is 33.6. The van der Waals surface area contributed by atoms with Crippen LogP contribution in [0.3, 0.4) is 0 Å². The molecule has 0 aliphatic carbocycles. The molecule has 3 heterocycles. The van der Waals surface area contributed by atoms with Crippen LogP contribution >= 0.6 is 0 Å². The van der Waals surface area contributed by atoms with Crippen molar-refractivity contribution in [1.29, 1.82) is 0 Å². The lowest BCUT2D eigenvalue weighted by Gasteiger charge is -2.27. The summed E-state index contributed by atoms with van der Waals surface area (Å²) < 4.78 is 22.7. The number of rotatable bonds is 6. The van der Waals surface area contributed by atoms with Crippen molar-refractivity contribution >= 4 is 0 Å². The topological polar surface area (TPSA) is 102 Å².